The lowest BCUT2D eigenvalue weighted by Gasteiger charge is -2.18. The zero-order valence-corrected chi connectivity index (χ0v) is 16.3. The second kappa shape index (κ2) is 10.9. The first-order valence-corrected chi connectivity index (χ1v) is 9.12. The van der Waals surface area contributed by atoms with Gasteiger partial charge < -0.3 is 19.9 Å². The van der Waals surface area contributed by atoms with E-state index in [9.17, 15) is 5.11 Å². The summed E-state index contributed by atoms with van der Waals surface area (Å²) >= 11 is 6.20. The summed E-state index contributed by atoms with van der Waals surface area (Å²) in [4.78, 5) is 0. The lowest BCUT2D eigenvalue weighted by molar-refractivity contribution is 0.0748. The molecular weight excluding hydrogens is 326 g/mol. The molecule has 0 fully saturated rings. The number of hydrogen-bond donors (Lipinski definition) is 2. The Morgan fingerprint density at radius 2 is 1.92 bits per heavy atom. The van der Waals surface area contributed by atoms with Gasteiger partial charge in [0.15, 0.2) is 0 Å². The maximum Gasteiger partial charge on any atom is 0.123 e. The average molecular weight is 358 g/mol. The van der Waals surface area contributed by atoms with Crippen molar-refractivity contribution in [3.05, 3.63) is 28.3 Å². The molecule has 5 heteroatoms. The molecule has 0 radical (unpaired) electrons. The molecule has 1 aromatic rings. The largest absolute Gasteiger partial charge is 0.491 e. The van der Waals surface area contributed by atoms with Crippen molar-refractivity contribution < 1.29 is 14.6 Å². The molecule has 0 spiro atoms. The van der Waals surface area contributed by atoms with Crippen LogP contribution in [0.5, 0.6) is 5.75 Å². The standard InChI is InChI=1S/C19H32ClNO3/c1-13(2)17-10-18(20)15(5)9-19(17)24-12-16(22)11-21-7-6-8-23-14(3)4/h9-10,13-14,16,21-22H,6-8,11-12H2,1-5H3/t16-/m1/s1. The van der Waals surface area contributed by atoms with Gasteiger partial charge in [-0.05, 0) is 62.9 Å². The minimum absolute atomic E-state index is 0.260. The Balaban J connectivity index is 2.36. The summed E-state index contributed by atoms with van der Waals surface area (Å²) < 4.78 is 11.3. The zero-order chi connectivity index (χ0) is 18.1. The molecule has 138 valence electrons. The van der Waals surface area contributed by atoms with Crippen LogP contribution in [0.3, 0.4) is 0 Å². The minimum atomic E-state index is -0.549. The molecule has 0 saturated carbocycles. The van der Waals surface area contributed by atoms with E-state index in [1.54, 1.807) is 0 Å². The van der Waals surface area contributed by atoms with Gasteiger partial charge in [0.05, 0.1) is 6.10 Å². The first-order valence-electron chi connectivity index (χ1n) is 8.74. The van der Waals surface area contributed by atoms with E-state index in [1.807, 2.05) is 32.9 Å². The van der Waals surface area contributed by atoms with Crippen molar-refractivity contribution in [3.63, 3.8) is 0 Å². The van der Waals surface area contributed by atoms with Crippen LogP contribution in [0.2, 0.25) is 5.02 Å². The number of nitrogens with one attached hydrogen (secondary N) is 1. The van der Waals surface area contributed by atoms with Crippen molar-refractivity contribution in [3.8, 4) is 5.75 Å². The van der Waals surface area contributed by atoms with Crippen molar-refractivity contribution in [2.24, 2.45) is 0 Å². The van der Waals surface area contributed by atoms with Gasteiger partial charge in [-0.15, -0.1) is 0 Å². The fourth-order valence-corrected chi connectivity index (χ4v) is 2.45. The van der Waals surface area contributed by atoms with Gasteiger partial charge in [0, 0.05) is 18.2 Å². The van der Waals surface area contributed by atoms with E-state index in [0.717, 1.165) is 41.5 Å². The molecule has 0 saturated heterocycles. The normalized spacial score (nSPS) is 12.9. The number of aliphatic hydroxyl groups is 1. The Morgan fingerprint density at radius 1 is 1.21 bits per heavy atom. The van der Waals surface area contributed by atoms with Crippen molar-refractivity contribution in [1.82, 2.24) is 5.32 Å². The maximum absolute atomic E-state index is 10.1. The van der Waals surface area contributed by atoms with Crippen LogP contribution >= 0.6 is 11.6 Å². The lowest BCUT2D eigenvalue weighted by Crippen LogP contribution is -2.32. The maximum atomic E-state index is 10.1. The van der Waals surface area contributed by atoms with Crippen LogP contribution in [0.4, 0.5) is 0 Å². The molecule has 2 N–H and O–H groups in total. The summed E-state index contributed by atoms with van der Waals surface area (Å²) in [6.07, 6.45) is 0.647. The summed E-state index contributed by atoms with van der Waals surface area (Å²) in [6, 6.07) is 3.90. The first kappa shape index (κ1) is 21.2. The summed E-state index contributed by atoms with van der Waals surface area (Å²) in [5.74, 6) is 1.12. The molecule has 0 aliphatic carbocycles. The molecular formula is C19H32ClNO3. The number of aliphatic hydroxyl groups excluding tert-OH is 1. The molecule has 24 heavy (non-hydrogen) atoms. The highest BCUT2D eigenvalue weighted by molar-refractivity contribution is 6.31. The fourth-order valence-electron chi connectivity index (χ4n) is 2.28. The smallest absolute Gasteiger partial charge is 0.123 e. The highest BCUT2D eigenvalue weighted by Gasteiger charge is 2.13. The topological polar surface area (TPSA) is 50.7 Å². The highest BCUT2D eigenvalue weighted by atomic mass is 35.5. The quantitative estimate of drug-likeness (QED) is 0.589. The molecule has 0 unspecified atom stereocenters. The highest BCUT2D eigenvalue weighted by Crippen LogP contribution is 2.32. The third kappa shape index (κ3) is 7.84. The van der Waals surface area contributed by atoms with Gasteiger partial charge in [0.25, 0.3) is 0 Å². The molecule has 4 nitrogen and oxygen atoms in total. The molecule has 1 aromatic carbocycles. The molecule has 0 aromatic heterocycles. The predicted molar refractivity (Wildman–Crippen MR) is 100 cm³/mol. The average Bonchev–Trinajstić information content (AvgIpc) is 2.50. The van der Waals surface area contributed by atoms with Crippen molar-refractivity contribution in [2.75, 3.05) is 26.3 Å². The molecule has 0 aliphatic rings. The van der Waals surface area contributed by atoms with E-state index in [1.165, 1.54) is 0 Å². The van der Waals surface area contributed by atoms with Gasteiger partial charge in [-0.1, -0.05) is 25.4 Å². The molecule has 1 rings (SSSR count). The van der Waals surface area contributed by atoms with E-state index >= 15 is 0 Å². The van der Waals surface area contributed by atoms with Crippen LogP contribution in [-0.4, -0.2) is 43.6 Å². The summed E-state index contributed by atoms with van der Waals surface area (Å²) in [5.41, 5.74) is 2.05. The monoisotopic (exact) mass is 357 g/mol. The van der Waals surface area contributed by atoms with Crippen LogP contribution in [0.15, 0.2) is 12.1 Å². The summed E-state index contributed by atoms with van der Waals surface area (Å²) in [5, 5.41) is 14.0. The van der Waals surface area contributed by atoms with Gasteiger partial charge in [-0.2, -0.15) is 0 Å². The number of halogens is 1. The van der Waals surface area contributed by atoms with Crippen LogP contribution in [0.25, 0.3) is 0 Å². The molecule has 0 heterocycles. The lowest BCUT2D eigenvalue weighted by atomic mass is 10.0. The van der Waals surface area contributed by atoms with Crippen LogP contribution in [0.1, 0.15) is 51.2 Å². The number of ether oxygens (including phenoxy) is 2. The Hall–Kier alpha value is -0.810. The summed E-state index contributed by atoms with van der Waals surface area (Å²) in [7, 11) is 0. The van der Waals surface area contributed by atoms with E-state index in [-0.39, 0.29) is 12.7 Å². The van der Waals surface area contributed by atoms with E-state index in [0.29, 0.717) is 12.5 Å². The zero-order valence-electron chi connectivity index (χ0n) is 15.6. The van der Waals surface area contributed by atoms with E-state index in [4.69, 9.17) is 21.1 Å². The number of aryl methyl sites for hydroxylation is 1. The molecule has 0 bridgehead atoms. The van der Waals surface area contributed by atoms with Gasteiger partial charge in [0.2, 0.25) is 0 Å². The SMILES string of the molecule is Cc1cc(OC[C@H](O)CNCCCOC(C)C)c(C(C)C)cc1Cl. The number of hydrogen-bond acceptors (Lipinski definition) is 4. The Kier molecular flexibility index (Phi) is 9.67. The molecule has 0 amide bonds. The Bertz CT molecular complexity index is 492. The Labute approximate surface area is 151 Å². The predicted octanol–water partition coefficient (Wildman–Crippen LogP) is 3.92. The summed E-state index contributed by atoms with van der Waals surface area (Å²) in [6.45, 7) is 12.5. The van der Waals surface area contributed by atoms with Crippen LogP contribution in [0, 0.1) is 6.92 Å². The Morgan fingerprint density at radius 3 is 2.54 bits per heavy atom. The van der Waals surface area contributed by atoms with Crippen molar-refractivity contribution in [1.29, 1.82) is 0 Å². The second-order valence-corrected chi connectivity index (χ2v) is 7.14. The van der Waals surface area contributed by atoms with Gasteiger partial charge in [0.1, 0.15) is 18.5 Å². The van der Waals surface area contributed by atoms with Gasteiger partial charge >= 0.3 is 0 Å². The van der Waals surface area contributed by atoms with E-state index < -0.39 is 6.10 Å². The molecule has 0 aliphatic heterocycles. The third-order valence-electron chi connectivity index (χ3n) is 3.67. The fraction of sp³-hybridized carbons (Fsp3) is 0.684. The van der Waals surface area contributed by atoms with Gasteiger partial charge in [-0.25, -0.2) is 0 Å². The molecule has 1 atom stereocenters. The third-order valence-corrected chi connectivity index (χ3v) is 4.08. The van der Waals surface area contributed by atoms with Crippen molar-refractivity contribution in [2.45, 2.75) is 59.2 Å². The minimum Gasteiger partial charge on any atom is -0.491 e. The number of benzene rings is 1. The van der Waals surface area contributed by atoms with E-state index in [2.05, 4.69) is 19.2 Å². The van der Waals surface area contributed by atoms with Crippen LogP contribution < -0.4 is 10.1 Å². The second-order valence-electron chi connectivity index (χ2n) is 6.74. The van der Waals surface area contributed by atoms with Crippen LogP contribution in [-0.2, 0) is 4.74 Å². The number of rotatable bonds is 11. The first-order chi connectivity index (χ1) is 11.3. The van der Waals surface area contributed by atoms with Crippen molar-refractivity contribution >= 4 is 11.6 Å². The van der Waals surface area contributed by atoms with Gasteiger partial charge in [-0.3, -0.25) is 0 Å².